The molecular formula is C22H27FO2. The number of hydrogen-bond acceptors (Lipinski definition) is 1. The van der Waals surface area contributed by atoms with Crippen LogP contribution in [0.2, 0.25) is 0 Å². The molecule has 134 valence electrons. The molecule has 1 aliphatic rings. The minimum Gasteiger partial charge on any atom is -0.476 e. The molecule has 25 heavy (non-hydrogen) atoms. The average Bonchev–Trinajstić information content (AvgIpc) is 2.63. The van der Waals surface area contributed by atoms with E-state index in [1.165, 1.54) is 29.7 Å². The lowest BCUT2D eigenvalue weighted by atomic mass is 9.86. The van der Waals surface area contributed by atoms with E-state index in [9.17, 15) is 9.18 Å². The maximum Gasteiger partial charge on any atom is 0.365 e. The second-order valence-electron chi connectivity index (χ2n) is 5.75. The van der Waals surface area contributed by atoms with Crippen LogP contribution in [0.15, 0.2) is 65.5 Å². The molecule has 1 aromatic carbocycles. The van der Waals surface area contributed by atoms with Crippen LogP contribution in [0, 0.1) is 0 Å². The predicted molar refractivity (Wildman–Crippen MR) is 103 cm³/mol. The monoisotopic (exact) mass is 342 g/mol. The van der Waals surface area contributed by atoms with Gasteiger partial charge in [-0.1, -0.05) is 68.0 Å². The summed E-state index contributed by atoms with van der Waals surface area (Å²) in [6.07, 6.45) is 10.5. The molecule has 0 fully saturated rings. The van der Waals surface area contributed by atoms with Gasteiger partial charge in [-0.2, -0.15) is 4.39 Å². The lowest BCUT2D eigenvalue weighted by Crippen LogP contribution is -2.01. The van der Waals surface area contributed by atoms with Crippen molar-refractivity contribution >= 4 is 11.5 Å². The number of fused-ring (bicyclic) bond motifs is 1. The molecule has 3 heteroatoms. The highest BCUT2D eigenvalue weighted by molar-refractivity contribution is 5.85. The summed E-state index contributed by atoms with van der Waals surface area (Å²) in [6.45, 7) is 7.43. The van der Waals surface area contributed by atoms with Crippen LogP contribution in [0.3, 0.4) is 0 Å². The van der Waals surface area contributed by atoms with Crippen LogP contribution < -0.4 is 0 Å². The van der Waals surface area contributed by atoms with E-state index in [1.54, 1.807) is 6.08 Å². The number of aryl methyl sites for hydroxylation is 1. The first kappa shape index (κ1) is 20.6. The molecule has 0 atom stereocenters. The summed E-state index contributed by atoms with van der Waals surface area (Å²) in [5.74, 6) is -2.65. The Hall–Kier alpha value is -2.42. The highest BCUT2D eigenvalue weighted by Gasteiger charge is 2.12. The Morgan fingerprint density at radius 3 is 2.52 bits per heavy atom. The summed E-state index contributed by atoms with van der Waals surface area (Å²) >= 11 is 0. The molecule has 0 heterocycles. The van der Waals surface area contributed by atoms with Gasteiger partial charge in [0, 0.05) is 0 Å². The second kappa shape index (κ2) is 10.4. The fourth-order valence-electron chi connectivity index (χ4n) is 2.71. The van der Waals surface area contributed by atoms with E-state index >= 15 is 0 Å². The molecule has 0 amide bonds. The van der Waals surface area contributed by atoms with Crippen LogP contribution in [0.5, 0.6) is 0 Å². The van der Waals surface area contributed by atoms with Gasteiger partial charge >= 0.3 is 5.97 Å². The lowest BCUT2D eigenvalue weighted by molar-refractivity contribution is -0.134. The van der Waals surface area contributed by atoms with Crippen LogP contribution in [0.25, 0.3) is 5.57 Å². The first-order valence-electron chi connectivity index (χ1n) is 8.72. The first-order chi connectivity index (χ1) is 12.0. The van der Waals surface area contributed by atoms with E-state index in [0.29, 0.717) is 0 Å². The Morgan fingerprint density at radius 2 is 1.84 bits per heavy atom. The highest BCUT2D eigenvalue weighted by Crippen LogP contribution is 2.31. The summed E-state index contributed by atoms with van der Waals surface area (Å²) in [7, 11) is 0. The summed E-state index contributed by atoms with van der Waals surface area (Å²) in [5, 5.41) is 8.58. The van der Waals surface area contributed by atoms with Gasteiger partial charge in [-0.15, -0.1) is 0 Å². The molecule has 0 aromatic heterocycles. The number of carboxylic acid groups (broad SMARTS) is 1. The number of benzene rings is 1. The van der Waals surface area contributed by atoms with E-state index in [0.717, 1.165) is 24.8 Å². The largest absolute Gasteiger partial charge is 0.476 e. The smallest absolute Gasteiger partial charge is 0.365 e. The van der Waals surface area contributed by atoms with Gasteiger partial charge < -0.3 is 5.11 Å². The van der Waals surface area contributed by atoms with Crippen molar-refractivity contribution in [2.45, 2.75) is 47.0 Å². The van der Waals surface area contributed by atoms with E-state index in [1.807, 2.05) is 26.8 Å². The summed E-state index contributed by atoms with van der Waals surface area (Å²) < 4.78 is 13.2. The second-order valence-corrected chi connectivity index (χ2v) is 5.75. The molecule has 2 rings (SSSR count). The van der Waals surface area contributed by atoms with Crippen LogP contribution in [-0.4, -0.2) is 11.1 Å². The molecule has 1 N–H and O–H groups in total. The van der Waals surface area contributed by atoms with Crippen molar-refractivity contribution in [2.75, 3.05) is 0 Å². The third kappa shape index (κ3) is 6.18. The molecule has 2 nitrogen and oxygen atoms in total. The fourth-order valence-corrected chi connectivity index (χ4v) is 2.71. The number of allylic oxidation sites excluding steroid dienone is 7. The third-order valence-electron chi connectivity index (χ3n) is 3.90. The van der Waals surface area contributed by atoms with E-state index in [-0.39, 0.29) is 5.57 Å². The molecular weight excluding hydrogens is 315 g/mol. The van der Waals surface area contributed by atoms with Crippen LogP contribution in [-0.2, 0) is 11.2 Å². The van der Waals surface area contributed by atoms with Crippen molar-refractivity contribution in [3.05, 3.63) is 76.7 Å². The minimum atomic E-state index is -1.53. The van der Waals surface area contributed by atoms with Gasteiger partial charge in [0.05, 0.1) is 0 Å². The Balaban J connectivity index is 0.00000151. The Morgan fingerprint density at radius 1 is 1.16 bits per heavy atom. The molecule has 0 bridgehead atoms. The number of carbonyl (C=O) groups is 1. The number of rotatable bonds is 4. The lowest BCUT2D eigenvalue weighted by Gasteiger charge is -2.18. The molecule has 0 spiro atoms. The van der Waals surface area contributed by atoms with Gasteiger partial charge in [0.15, 0.2) is 0 Å². The maximum atomic E-state index is 13.2. The Kier molecular flexibility index (Phi) is 8.62. The zero-order valence-corrected chi connectivity index (χ0v) is 15.5. The van der Waals surface area contributed by atoms with Gasteiger partial charge in [-0.3, -0.25) is 0 Å². The molecule has 0 aliphatic heterocycles. The van der Waals surface area contributed by atoms with Crippen molar-refractivity contribution in [2.24, 2.45) is 0 Å². The number of hydrogen-bond donors (Lipinski definition) is 1. The van der Waals surface area contributed by atoms with E-state index < -0.39 is 11.8 Å². The molecule has 1 aromatic rings. The van der Waals surface area contributed by atoms with Gasteiger partial charge in [0.25, 0.3) is 0 Å². The zero-order chi connectivity index (χ0) is 18.8. The standard InChI is InChI=1S/C20H21FO2.C2H6/c1-14(7-5-8-15(2)19(21)20(22)23)13-17-11-6-10-16-9-3-4-12-18(16)17;1-2/h3-5,7-9,12-13H,6,10-11H2,1-2H3,(H,22,23);1-2H3/b8-5+,14-7-,17-13+,19-15-;. The first-order valence-corrected chi connectivity index (χ1v) is 8.72. The Bertz CT molecular complexity index is 721. The number of aliphatic carboxylic acids is 1. The van der Waals surface area contributed by atoms with Crippen molar-refractivity contribution in [1.29, 1.82) is 0 Å². The summed E-state index contributed by atoms with van der Waals surface area (Å²) in [5.41, 5.74) is 5.17. The highest BCUT2D eigenvalue weighted by atomic mass is 19.1. The Labute approximate surface area is 150 Å². The molecule has 0 radical (unpaired) electrons. The van der Waals surface area contributed by atoms with E-state index in [4.69, 9.17) is 5.11 Å². The van der Waals surface area contributed by atoms with Crippen molar-refractivity contribution < 1.29 is 14.3 Å². The molecule has 0 saturated carbocycles. The van der Waals surface area contributed by atoms with Crippen LogP contribution >= 0.6 is 0 Å². The number of halogens is 1. The SMILES string of the molecule is CC.CC(=C/C=C/C(C)=C(\F)C(=O)O)/C=C1\CCCc2ccccc21. The van der Waals surface area contributed by atoms with Gasteiger partial charge in [-0.25, -0.2) is 4.79 Å². The predicted octanol–water partition coefficient (Wildman–Crippen LogP) is 6.26. The van der Waals surface area contributed by atoms with E-state index in [2.05, 4.69) is 30.3 Å². The quantitative estimate of drug-likeness (QED) is 0.518. The molecule has 0 saturated heterocycles. The fraction of sp³-hybridized carbons (Fsp3) is 0.318. The molecule has 1 aliphatic carbocycles. The van der Waals surface area contributed by atoms with Crippen LogP contribution in [0.4, 0.5) is 4.39 Å². The summed E-state index contributed by atoms with van der Waals surface area (Å²) in [6, 6.07) is 8.45. The van der Waals surface area contributed by atoms with Crippen molar-refractivity contribution in [1.82, 2.24) is 0 Å². The summed E-state index contributed by atoms with van der Waals surface area (Å²) in [4.78, 5) is 10.5. The molecule has 0 unspecified atom stereocenters. The average molecular weight is 342 g/mol. The third-order valence-corrected chi connectivity index (χ3v) is 3.90. The van der Waals surface area contributed by atoms with Gasteiger partial charge in [0.2, 0.25) is 5.83 Å². The number of carboxylic acids is 1. The van der Waals surface area contributed by atoms with Crippen molar-refractivity contribution in [3.63, 3.8) is 0 Å². The topological polar surface area (TPSA) is 37.3 Å². The van der Waals surface area contributed by atoms with Crippen molar-refractivity contribution in [3.8, 4) is 0 Å². The van der Waals surface area contributed by atoms with Gasteiger partial charge in [0.1, 0.15) is 0 Å². The normalized spacial score (nSPS) is 16.8. The zero-order valence-electron chi connectivity index (χ0n) is 15.5. The minimum absolute atomic E-state index is 0.109. The maximum absolute atomic E-state index is 13.2. The van der Waals surface area contributed by atoms with Crippen LogP contribution in [0.1, 0.15) is 51.7 Å². The van der Waals surface area contributed by atoms with Gasteiger partial charge in [-0.05, 0) is 55.4 Å².